The minimum Gasteiger partial charge on any atom is -0.468 e. The van der Waals surface area contributed by atoms with Crippen LogP contribution in [0.2, 0.25) is 0 Å². The lowest BCUT2D eigenvalue weighted by atomic mass is 10.3. The Morgan fingerprint density at radius 2 is 1.76 bits per heavy atom. The molecule has 0 bridgehead atoms. The van der Waals surface area contributed by atoms with E-state index in [1.807, 2.05) is 0 Å². The molecule has 0 radical (unpaired) electrons. The quantitative estimate of drug-likeness (QED) is 0.600. The number of esters is 2. The Labute approximate surface area is 97.5 Å². The highest BCUT2D eigenvalue weighted by atomic mass is 19.1. The van der Waals surface area contributed by atoms with Gasteiger partial charge in [-0.05, 0) is 24.3 Å². The first-order chi connectivity index (χ1) is 8.11. The SMILES string of the molecule is COC(=O)CNCC(=O)Oc1ccc(F)cc1. The van der Waals surface area contributed by atoms with Crippen LogP contribution in [0.1, 0.15) is 0 Å². The van der Waals surface area contributed by atoms with Crippen molar-refractivity contribution in [2.75, 3.05) is 20.2 Å². The van der Waals surface area contributed by atoms with Crippen LogP contribution in [0.4, 0.5) is 4.39 Å². The zero-order chi connectivity index (χ0) is 12.7. The molecule has 0 saturated carbocycles. The van der Waals surface area contributed by atoms with E-state index in [1.165, 1.54) is 31.4 Å². The van der Waals surface area contributed by atoms with Crippen molar-refractivity contribution in [3.8, 4) is 5.75 Å². The first-order valence-electron chi connectivity index (χ1n) is 4.85. The van der Waals surface area contributed by atoms with E-state index in [9.17, 15) is 14.0 Å². The minimum atomic E-state index is -0.569. The fourth-order valence-corrected chi connectivity index (χ4v) is 1.01. The van der Waals surface area contributed by atoms with Crippen molar-refractivity contribution in [3.63, 3.8) is 0 Å². The Kier molecular flexibility index (Phi) is 5.09. The Morgan fingerprint density at radius 1 is 1.18 bits per heavy atom. The van der Waals surface area contributed by atoms with Gasteiger partial charge in [-0.15, -0.1) is 0 Å². The van der Waals surface area contributed by atoms with Crippen molar-refractivity contribution in [1.29, 1.82) is 0 Å². The van der Waals surface area contributed by atoms with E-state index in [0.29, 0.717) is 0 Å². The molecule has 0 aliphatic rings. The summed E-state index contributed by atoms with van der Waals surface area (Å²) in [6.07, 6.45) is 0. The molecule has 1 rings (SSSR count). The Morgan fingerprint density at radius 3 is 2.35 bits per heavy atom. The van der Waals surface area contributed by atoms with Gasteiger partial charge in [0.15, 0.2) is 0 Å². The fraction of sp³-hybridized carbons (Fsp3) is 0.273. The van der Waals surface area contributed by atoms with Gasteiger partial charge in [0.1, 0.15) is 11.6 Å². The zero-order valence-corrected chi connectivity index (χ0v) is 9.23. The molecule has 0 spiro atoms. The summed E-state index contributed by atoms with van der Waals surface area (Å²) in [4.78, 5) is 21.9. The normalized spacial score (nSPS) is 9.76. The third-order valence-electron chi connectivity index (χ3n) is 1.81. The molecule has 0 aliphatic carbocycles. The molecule has 6 heteroatoms. The maximum Gasteiger partial charge on any atom is 0.325 e. The molecular weight excluding hydrogens is 229 g/mol. The van der Waals surface area contributed by atoms with Gasteiger partial charge >= 0.3 is 11.9 Å². The monoisotopic (exact) mass is 241 g/mol. The third-order valence-corrected chi connectivity index (χ3v) is 1.81. The summed E-state index contributed by atoms with van der Waals surface area (Å²) in [6, 6.07) is 5.05. The second-order valence-electron chi connectivity index (χ2n) is 3.11. The molecule has 5 nitrogen and oxygen atoms in total. The number of methoxy groups -OCH3 is 1. The van der Waals surface area contributed by atoms with Crippen LogP contribution >= 0.6 is 0 Å². The molecule has 0 fully saturated rings. The topological polar surface area (TPSA) is 64.6 Å². The summed E-state index contributed by atoms with van der Waals surface area (Å²) in [5, 5.41) is 2.54. The van der Waals surface area contributed by atoms with Gasteiger partial charge in [0, 0.05) is 0 Å². The van der Waals surface area contributed by atoms with E-state index in [2.05, 4.69) is 10.1 Å². The third kappa shape index (κ3) is 5.07. The summed E-state index contributed by atoms with van der Waals surface area (Å²) >= 11 is 0. The van der Waals surface area contributed by atoms with E-state index in [-0.39, 0.29) is 18.8 Å². The lowest BCUT2D eigenvalue weighted by Crippen LogP contribution is -2.31. The molecule has 0 unspecified atom stereocenters. The molecule has 1 aromatic rings. The van der Waals surface area contributed by atoms with Crippen molar-refractivity contribution in [2.45, 2.75) is 0 Å². The minimum absolute atomic E-state index is 0.0744. The number of ether oxygens (including phenoxy) is 2. The molecule has 0 aromatic heterocycles. The summed E-state index contributed by atoms with van der Waals surface area (Å²) in [7, 11) is 1.25. The van der Waals surface area contributed by atoms with Crippen LogP contribution < -0.4 is 10.1 Å². The van der Waals surface area contributed by atoms with Crippen molar-refractivity contribution in [2.24, 2.45) is 0 Å². The van der Waals surface area contributed by atoms with Crippen molar-refractivity contribution in [1.82, 2.24) is 5.32 Å². The van der Waals surface area contributed by atoms with Crippen LogP contribution in [0.15, 0.2) is 24.3 Å². The fourth-order valence-electron chi connectivity index (χ4n) is 1.01. The van der Waals surface area contributed by atoms with Gasteiger partial charge in [-0.2, -0.15) is 0 Å². The number of carbonyl (C=O) groups is 2. The van der Waals surface area contributed by atoms with Crippen molar-refractivity contribution < 1.29 is 23.5 Å². The molecule has 92 valence electrons. The van der Waals surface area contributed by atoms with Crippen LogP contribution in [0.5, 0.6) is 5.75 Å². The highest BCUT2D eigenvalue weighted by molar-refractivity contribution is 5.76. The summed E-state index contributed by atoms with van der Waals surface area (Å²) in [5.41, 5.74) is 0. The van der Waals surface area contributed by atoms with E-state index < -0.39 is 17.8 Å². The lowest BCUT2D eigenvalue weighted by Gasteiger charge is -2.04. The molecule has 0 amide bonds. The maximum atomic E-state index is 12.6. The molecular formula is C11H12FNO4. The highest BCUT2D eigenvalue weighted by Crippen LogP contribution is 2.10. The Bertz CT molecular complexity index is 391. The molecule has 1 aromatic carbocycles. The second-order valence-corrected chi connectivity index (χ2v) is 3.11. The van der Waals surface area contributed by atoms with Crippen molar-refractivity contribution in [3.05, 3.63) is 30.1 Å². The summed E-state index contributed by atoms with van der Waals surface area (Å²) < 4.78 is 21.8. The van der Waals surface area contributed by atoms with Crippen LogP contribution in [-0.2, 0) is 14.3 Å². The summed E-state index contributed by atoms with van der Waals surface area (Å²) in [6.45, 7) is -0.207. The first kappa shape index (κ1) is 13.1. The first-order valence-corrected chi connectivity index (χ1v) is 4.85. The average molecular weight is 241 g/mol. The van der Waals surface area contributed by atoms with Gasteiger partial charge in [0.2, 0.25) is 0 Å². The second kappa shape index (κ2) is 6.59. The standard InChI is InChI=1S/C11H12FNO4/c1-16-10(14)6-13-7-11(15)17-9-4-2-8(12)3-5-9/h2-5,13H,6-7H2,1H3. The van der Waals surface area contributed by atoms with Crippen LogP contribution in [0.25, 0.3) is 0 Å². The molecule has 0 atom stereocenters. The molecule has 17 heavy (non-hydrogen) atoms. The van der Waals surface area contributed by atoms with Gasteiger partial charge in [0.25, 0.3) is 0 Å². The Hall–Kier alpha value is -1.95. The molecule has 1 N–H and O–H groups in total. The smallest absolute Gasteiger partial charge is 0.325 e. The van der Waals surface area contributed by atoms with Crippen molar-refractivity contribution >= 4 is 11.9 Å². The zero-order valence-electron chi connectivity index (χ0n) is 9.23. The molecule has 0 saturated heterocycles. The number of carbonyl (C=O) groups excluding carboxylic acids is 2. The number of halogens is 1. The predicted molar refractivity (Wildman–Crippen MR) is 56.9 cm³/mol. The van der Waals surface area contributed by atoms with E-state index >= 15 is 0 Å². The lowest BCUT2D eigenvalue weighted by molar-refractivity contribution is -0.139. The summed E-state index contributed by atoms with van der Waals surface area (Å²) in [5.74, 6) is -1.20. The number of nitrogens with one attached hydrogen (secondary N) is 1. The van der Waals surface area contributed by atoms with Gasteiger partial charge in [-0.1, -0.05) is 0 Å². The van der Waals surface area contributed by atoms with Crippen LogP contribution in [0.3, 0.4) is 0 Å². The van der Waals surface area contributed by atoms with Crippen LogP contribution in [0, 0.1) is 5.82 Å². The van der Waals surface area contributed by atoms with E-state index in [0.717, 1.165) is 0 Å². The molecule has 0 heterocycles. The maximum absolute atomic E-state index is 12.6. The molecule has 0 aliphatic heterocycles. The highest BCUT2D eigenvalue weighted by Gasteiger charge is 2.06. The number of hydrogen-bond donors (Lipinski definition) is 1. The van der Waals surface area contributed by atoms with Gasteiger partial charge < -0.3 is 9.47 Å². The number of hydrogen-bond acceptors (Lipinski definition) is 5. The number of rotatable bonds is 5. The van der Waals surface area contributed by atoms with E-state index in [1.54, 1.807) is 0 Å². The number of benzene rings is 1. The van der Waals surface area contributed by atoms with Gasteiger partial charge in [-0.25, -0.2) is 4.39 Å². The van der Waals surface area contributed by atoms with E-state index in [4.69, 9.17) is 4.74 Å². The largest absolute Gasteiger partial charge is 0.468 e. The average Bonchev–Trinajstić information content (AvgIpc) is 2.32. The van der Waals surface area contributed by atoms with Gasteiger partial charge in [-0.3, -0.25) is 14.9 Å². The predicted octanol–water partition coefficient (Wildman–Crippen LogP) is 0.494. The van der Waals surface area contributed by atoms with Gasteiger partial charge in [0.05, 0.1) is 20.2 Å². The Balaban J connectivity index is 2.30. The van der Waals surface area contributed by atoms with Crippen LogP contribution in [-0.4, -0.2) is 32.1 Å².